The van der Waals surface area contributed by atoms with Crippen molar-refractivity contribution in [1.82, 2.24) is 15.0 Å². The van der Waals surface area contributed by atoms with Gasteiger partial charge in [0.2, 0.25) is 0 Å². The van der Waals surface area contributed by atoms with Gasteiger partial charge in [-0.1, -0.05) is 35.5 Å². The quantitative estimate of drug-likeness (QED) is 0.581. The van der Waals surface area contributed by atoms with Gasteiger partial charge in [-0.3, -0.25) is 4.79 Å². The maximum absolute atomic E-state index is 12.7. The minimum atomic E-state index is -0.221. The van der Waals surface area contributed by atoms with Gasteiger partial charge in [-0.05, 0) is 35.9 Å². The van der Waals surface area contributed by atoms with Crippen molar-refractivity contribution in [2.45, 2.75) is 6.54 Å². The number of nitrogens with zero attached hydrogens (tertiary/aromatic N) is 3. The number of fused-ring (bicyclic) bond motifs is 2. The van der Waals surface area contributed by atoms with E-state index in [-0.39, 0.29) is 5.91 Å². The summed E-state index contributed by atoms with van der Waals surface area (Å²) < 4.78 is 12.9. The van der Waals surface area contributed by atoms with Crippen molar-refractivity contribution in [1.29, 1.82) is 0 Å². The molecule has 0 aliphatic carbocycles. The van der Waals surface area contributed by atoms with Crippen LogP contribution in [0, 0.1) is 0 Å². The summed E-state index contributed by atoms with van der Waals surface area (Å²) in [6, 6.07) is 20.8. The van der Waals surface area contributed by atoms with Crippen LogP contribution < -0.4 is 14.8 Å². The number of hydrogen-bond donors (Lipinski definition) is 1. The first-order valence-corrected chi connectivity index (χ1v) is 9.34. The molecule has 0 fully saturated rings. The van der Waals surface area contributed by atoms with Gasteiger partial charge in [-0.2, -0.15) is 0 Å². The first-order valence-electron chi connectivity index (χ1n) is 9.34. The molecule has 3 aromatic carbocycles. The molecular weight excluding hydrogens is 368 g/mol. The van der Waals surface area contributed by atoms with Crippen LogP contribution in [0.5, 0.6) is 11.5 Å². The number of anilines is 1. The summed E-state index contributed by atoms with van der Waals surface area (Å²) in [7, 11) is 0. The zero-order valence-electron chi connectivity index (χ0n) is 15.5. The average Bonchev–Trinajstić information content (AvgIpc) is 3.16. The van der Waals surface area contributed by atoms with E-state index in [1.165, 1.54) is 0 Å². The van der Waals surface area contributed by atoms with Gasteiger partial charge in [0, 0.05) is 17.3 Å². The third-order valence-corrected chi connectivity index (χ3v) is 4.75. The molecular formula is C22H18N4O3. The molecule has 1 aliphatic heterocycles. The molecule has 0 saturated carbocycles. The van der Waals surface area contributed by atoms with E-state index >= 15 is 0 Å². The van der Waals surface area contributed by atoms with E-state index < -0.39 is 0 Å². The fourth-order valence-electron chi connectivity index (χ4n) is 3.31. The van der Waals surface area contributed by atoms with E-state index in [4.69, 9.17) is 9.47 Å². The summed E-state index contributed by atoms with van der Waals surface area (Å²) in [4.78, 5) is 12.7. The molecule has 0 bridgehead atoms. The van der Waals surface area contributed by atoms with E-state index in [1.54, 1.807) is 30.3 Å². The van der Waals surface area contributed by atoms with Gasteiger partial charge >= 0.3 is 0 Å². The highest BCUT2D eigenvalue weighted by Crippen LogP contribution is 2.32. The van der Waals surface area contributed by atoms with Gasteiger partial charge in [0.05, 0.1) is 12.1 Å². The second kappa shape index (κ2) is 7.27. The molecule has 0 spiro atoms. The molecule has 1 N–H and O–H groups in total. The van der Waals surface area contributed by atoms with Crippen molar-refractivity contribution in [3.63, 3.8) is 0 Å². The molecule has 7 nitrogen and oxygen atoms in total. The second-order valence-electron chi connectivity index (χ2n) is 6.75. The van der Waals surface area contributed by atoms with Gasteiger partial charge in [0.1, 0.15) is 18.7 Å². The lowest BCUT2D eigenvalue weighted by atomic mass is 10.1. The summed E-state index contributed by atoms with van der Waals surface area (Å²) >= 11 is 0. The highest BCUT2D eigenvalue weighted by atomic mass is 16.6. The topological polar surface area (TPSA) is 78.3 Å². The number of nitrogens with one attached hydrogen (secondary N) is 1. The lowest BCUT2D eigenvalue weighted by Gasteiger charge is -2.19. The van der Waals surface area contributed by atoms with E-state index in [0.29, 0.717) is 48.0 Å². The van der Waals surface area contributed by atoms with Crippen LogP contribution in [-0.4, -0.2) is 34.1 Å². The Bertz CT molecular complexity index is 1190. The van der Waals surface area contributed by atoms with E-state index in [1.807, 2.05) is 41.1 Å². The van der Waals surface area contributed by atoms with Crippen LogP contribution in [0.3, 0.4) is 0 Å². The molecule has 0 unspecified atom stereocenters. The number of amides is 1. The average molecular weight is 386 g/mol. The zero-order chi connectivity index (χ0) is 19.6. The van der Waals surface area contributed by atoms with Crippen LogP contribution >= 0.6 is 0 Å². The van der Waals surface area contributed by atoms with Crippen LogP contribution in [0.4, 0.5) is 5.69 Å². The van der Waals surface area contributed by atoms with Crippen molar-refractivity contribution in [3.8, 4) is 11.5 Å². The van der Waals surface area contributed by atoms with Crippen molar-refractivity contribution >= 4 is 22.6 Å². The minimum absolute atomic E-state index is 0.221. The maximum Gasteiger partial charge on any atom is 0.255 e. The maximum atomic E-state index is 12.7. The first kappa shape index (κ1) is 17.2. The Kier molecular flexibility index (Phi) is 4.32. The molecule has 1 amide bonds. The molecule has 7 heteroatoms. The van der Waals surface area contributed by atoms with Crippen molar-refractivity contribution < 1.29 is 14.3 Å². The third kappa shape index (κ3) is 3.50. The Morgan fingerprint density at radius 3 is 2.66 bits per heavy atom. The molecule has 5 rings (SSSR count). The number of ether oxygens (including phenoxy) is 2. The smallest absolute Gasteiger partial charge is 0.255 e. The molecule has 0 saturated heterocycles. The zero-order valence-corrected chi connectivity index (χ0v) is 15.5. The fraction of sp³-hybridized carbons (Fsp3) is 0.136. The van der Waals surface area contributed by atoms with E-state index in [9.17, 15) is 4.79 Å². The summed E-state index contributed by atoms with van der Waals surface area (Å²) in [5.41, 5.74) is 3.85. The third-order valence-electron chi connectivity index (χ3n) is 4.75. The number of rotatable bonds is 4. The SMILES string of the molecule is O=C(Nc1ccc2c(c1)OCCO2)c1ccc2c(c1)nnn2Cc1ccccc1. The Hall–Kier alpha value is -3.87. The van der Waals surface area contributed by atoms with Gasteiger partial charge in [0.25, 0.3) is 5.91 Å². The molecule has 0 atom stereocenters. The van der Waals surface area contributed by atoms with Crippen molar-refractivity contribution in [2.24, 2.45) is 0 Å². The van der Waals surface area contributed by atoms with Crippen LogP contribution in [0.2, 0.25) is 0 Å². The normalized spacial score (nSPS) is 12.7. The van der Waals surface area contributed by atoms with Gasteiger partial charge in [0.15, 0.2) is 11.5 Å². The predicted octanol–water partition coefficient (Wildman–Crippen LogP) is 3.50. The van der Waals surface area contributed by atoms with E-state index in [0.717, 1.165) is 11.1 Å². The van der Waals surface area contributed by atoms with Gasteiger partial charge in [-0.25, -0.2) is 4.68 Å². The van der Waals surface area contributed by atoms with Crippen molar-refractivity contribution in [2.75, 3.05) is 18.5 Å². The van der Waals surface area contributed by atoms with Crippen LogP contribution in [0.1, 0.15) is 15.9 Å². The summed E-state index contributed by atoms with van der Waals surface area (Å²) in [5, 5.41) is 11.3. The van der Waals surface area contributed by atoms with E-state index in [2.05, 4.69) is 15.6 Å². The first-order chi connectivity index (χ1) is 14.3. The monoisotopic (exact) mass is 386 g/mol. The lowest BCUT2D eigenvalue weighted by Crippen LogP contribution is -2.16. The molecule has 1 aromatic heterocycles. The molecule has 1 aliphatic rings. The molecule has 144 valence electrons. The molecule has 0 radical (unpaired) electrons. The summed E-state index contributed by atoms with van der Waals surface area (Å²) in [6.07, 6.45) is 0. The Morgan fingerprint density at radius 2 is 1.79 bits per heavy atom. The van der Waals surface area contributed by atoms with Crippen LogP contribution in [0.25, 0.3) is 11.0 Å². The Morgan fingerprint density at radius 1 is 0.966 bits per heavy atom. The molecule has 4 aromatic rings. The largest absolute Gasteiger partial charge is 0.486 e. The number of aromatic nitrogens is 3. The fourth-order valence-corrected chi connectivity index (χ4v) is 3.31. The van der Waals surface area contributed by atoms with Gasteiger partial charge in [-0.15, -0.1) is 5.10 Å². The number of carbonyl (C=O) groups is 1. The Labute approximate surface area is 166 Å². The highest BCUT2D eigenvalue weighted by Gasteiger charge is 2.14. The van der Waals surface area contributed by atoms with Crippen molar-refractivity contribution in [3.05, 3.63) is 77.9 Å². The standard InChI is InChI=1S/C22H18N4O3/c27-22(23-17-7-9-20-21(13-17)29-11-10-28-20)16-6-8-19-18(12-16)24-25-26(19)14-15-4-2-1-3-5-15/h1-9,12-13H,10-11,14H2,(H,23,27). The lowest BCUT2D eigenvalue weighted by molar-refractivity contribution is 0.102. The Balaban J connectivity index is 1.36. The van der Waals surface area contributed by atoms with Gasteiger partial charge < -0.3 is 14.8 Å². The highest BCUT2D eigenvalue weighted by molar-refractivity contribution is 6.06. The molecule has 2 heterocycles. The number of hydrogen-bond acceptors (Lipinski definition) is 5. The summed E-state index contributed by atoms with van der Waals surface area (Å²) in [6.45, 7) is 1.66. The van der Waals surface area contributed by atoms with Crippen LogP contribution in [0.15, 0.2) is 66.7 Å². The van der Waals surface area contributed by atoms with Crippen LogP contribution in [-0.2, 0) is 6.54 Å². The minimum Gasteiger partial charge on any atom is -0.486 e. The predicted molar refractivity (Wildman–Crippen MR) is 108 cm³/mol. The number of benzene rings is 3. The summed E-state index contributed by atoms with van der Waals surface area (Å²) in [5.74, 6) is 1.10. The number of carbonyl (C=O) groups excluding carboxylic acids is 1. The second-order valence-corrected chi connectivity index (χ2v) is 6.75. The molecule has 29 heavy (non-hydrogen) atoms.